The third-order valence-electron chi connectivity index (χ3n) is 3.47. The first-order valence-corrected chi connectivity index (χ1v) is 7.51. The van der Waals surface area contributed by atoms with Crippen molar-refractivity contribution in [3.8, 4) is 5.75 Å². The van der Waals surface area contributed by atoms with Gasteiger partial charge < -0.3 is 10.1 Å². The third kappa shape index (κ3) is 3.41. The third-order valence-corrected chi connectivity index (χ3v) is 3.96. The highest BCUT2D eigenvalue weighted by atomic mass is 79.9. The Labute approximate surface area is 130 Å². The predicted octanol–water partition coefficient (Wildman–Crippen LogP) is 3.82. The second-order valence-electron chi connectivity index (χ2n) is 5.06. The Morgan fingerprint density at radius 1 is 1.19 bits per heavy atom. The topological polar surface area (TPSA) is 21.3 Å². The van der Waals surface area contributed by atoms with Gasteiger partial charge >= 0.3 is 0 Å². The normalized spacial score (nSPS) is 16.6. The van der Waals surface area contributed by atoms with Crippen LogP contribution in [0.25, 0.3) is 0 Å². The van der Waals surface area contributed by atoms with Gasteiger partial charge in [0, 0.05) is 35.6 Å². The zero-order valence-corrected chi connectivity index (χ0v) is 12.8. The first kappa shape index (κ1) is 14.5. The van der Waals surface area contributed by atoms with Crippen LogP contribution in [0.4, 0.5) is 8.78 Å². The maximum absolute atomic E-state index is 13.5. The van der Waals surface area contributed by atoms with Crippen molar-refractivity contribution >= 4 is 15.9 Å². The average molecular weight is 354 g/mol. The van der Waals surface area contributed by atoms with E-state index < -0.39 is 11.6 Å². The summed E-state index contributed by atoms with van der Waals surface area (Å²) in [4.78, 5) is 0. The van der Waals surface area contributed by atoms with Crippen molar-refractivity contribution in [2.75, 3.05) is 6.54 Å². The van der Waals surface area contributed by atoms with E-state index in [1.54, 1.807) is 0 Å². The Morgan fingerprint density at radius 2 is 2.05 bits per heavy atom. The molecule has 0 amide bonds. The largest absolute Gasteiger partial charge is 0.488 e. The molecule has 0 saturated heterocycles. The van der Waals surface area contributed by atoms with Crippen molar-refractivity contribution in [2.24, 2.45) is 0 Å². The molecule has 1 N–H and O–H groups in total. The minimum atomic E-state index is -0.559. The first-order chi connectivity index (χ1) is 10.1. The highest BCUT2D eigenvalue weighted by molar-refractivity contribution is 9.10. The molecule has 0 fully saturated rings. The molecule has 0 aromatic heterocycles. The van der Waals surface area contributed by atoms with E-state index in [1.165, 1.54) is 17.7 Å². The minimum Gasteiger partial charge on any atom is -0.488 e. The molecule has 2 nitrogen and oxygen atoms in total. The molecule has 1 unspecified atom stereocenters. The molecule has 5 heteroatoms. The number of fused-ring (bicyclic) bond motifs is 1. The van der Waals surface area contributed by atoms with Crippen LogP contribution in [0.3, 0.4) is 0 Å². The lowest BCUT2D eigenvalue weighted by Gasteiger charge is -2.12. The summed E-state index contributed by atoms with van der Waals surface area (Å²) in [5.41, 5.74) is 1.62. The Balaban J connectivity index is 1.53. The maximum atomic E-state index is 13.5. The van der Waals surface area contributed by atoms with Crippen molar-refractivity contribution in [3.05, 3.63) is 63.6 Å². The molecule has 21 heavy (non-hydrogen) atoms. The molecule has 110 valence electrons. The standard InChI is InChI=1S/C16H14BrF2NO/c17-12-2-4-16-11(5-12)6-14(21-16)9-20-8-10-1-3-13(18)7-15(10)19/h1-5,7,14,20H,6,8-9H2. The van der Waals surface area contributed by atoms with Gasteiger partial charge in [0.25, 0.3) is 0 Å². The minimum absolute atomic E-state index is 0.0396. The van der Waals surface area contributed by atoms with Crippen LogP contribution >= 0.6 is 15.9 Å². The molecule has 3 rings (SSSR count). The summed E-state index contributed by atoms with van der Waals surface area (Å²) in [6, 6.07) is 9.56. The summed E-state index contributed by atoms with van der Waals surface area (Å²) < 4.78 is 33.2. The van der Waals surface area contributed by atoms with Gasteiger partial charge in [-0.3, -0.25) is 0 Å². The van der Waals surface area contributed by atoms with Crippen molar-refractivity contribution in [1.82, 2.24) is 5.32 Å². The van der Waals surface area contributed by atoms with Gasteiger partial charge in [0.1, 0.15) is 23.5 Å². The molecule has 2 aromatic rings. The fourth-order valence-corrected chi connectivity index (χ4v) is 2.84. The fraction of sp³-hybridized carbons (Fsp3) is 0.250. The van der Waals surface area contributed by atoms with Crippen LogP contribution in [0.5, 0.6) is 5.75 Å². The Hall–Kier alpha value is -1.46. The average Bonchev–Trinajstić information content (AvgIpc) is 2.83. The van der Waals surface area contributed by atoms with Crippen molar-refractivity contribution < 1.29 is 13.5 Å². The molecule has 2 aromatic carbocycles. The van der Waals surface area contributed by atoms with E-state index in [0.717, 1.165) is 22.7 Å². The van der Waals surface area contributed by atoms with E-state index in [9.17, 15) is 8.78 Å². The molecule has 0 aliphatic carbocycles. The van der Waals surface area contributed by atoms with E-state index in [2.05, 4.69) is 27.3 Å². The number of nitrogens with one attached hydrogen (secondary N) is 1. The van der Waals surface area contributed by atoms with Gasteiger partial charge in [0.2, 0.25) is 0 Å². The number of rotatable bonds is 4. The molecular formula is C16H14BrF2NO. The molecule has 1 heterocycles. The molecule has 1 atom stereocenters. The summed E-state index contributed by atoms with van der Waals surface area (Å²) >= 11 is 3.44. The Morgan fingerprint density at radius 3 is 2.86 bits per heavy atom. The van der Waals surface area contributed by atoms with Gasteiger partial charge in [0.05, 0.1) is 0 Å². The SMILES string of the molecule is Fc1ccc(CNCC2Cc3cc(Br)ccc3O2)c(F)c1. The highest BCUT2D eigenvalue weighted by Crippen LogP contribution is 2.30. The van der Waals surface area contributed by atoms with Crippen molar-refractivity contribution in [3.63, 3.8) is 0 Å². The summed E-state index contributed by atoms with van der Waals surface area (Å²) in [5, 5.41) is 3.15. The number of hydrogen-bond donors (Lipinski definition) is 1. The van der Waals surface area contributed by atoms with E-state index in [4.69, 9.17) is 4.74 Å². The lowest BCUT2D eigenvalue weighted by Crippen LogP contribution is -2.29. The monoisotopic (exact) mass is 353 g/mol. The maximum Gasteiger partial charge on any atom is 0.130 e. The molecule has 0 bridgehead atoms. The van der Waals surface area contributed by atoms with Crippen molar-refractivity contribution in [1.29, 1.82) is 0 Å². The predicted molar refractivity (Wildman–Crippen MR) is 80.3 cm³/mol. The van der Waals surface area contributed by atoms with Gasteiger partial charge in [-0.2, -0.15) is 0 Å². The smallest absolute Gasteiger partial charge is 0.130 e. The quantitative estimate of drug-likeness (QED) is 0.901. The summed E-state index contributed by atoms with van der Waals surface area (Å²) in [6.45, 7) is 0.967. The van der Waals surface area contributed by atoms with Crippen LogP contribution < -0.4 is 10.1 Å². The summed E-state index contributed by atoms with van der Waals surface area (Å²) in [5.74, 6) is -0.184. The van der Waals surface area contributed by atoms with E-state index in [-0.39, 0.29) is 6.10 Å². The lowest BCUT2D eigenvalue weighted by atomic mass is 10.1. The molecular weight excluding hydrogens is 340 g/mol. The zero-order valence-electron chi connectivity index (χ0n) is 11.2. The zero-order chi connectivity index (χ0) is 14.8. The molecule has 0 saturated carbocycles. The number of ether oxygens (including phenoxy) is 1. The van der Waals surface area contributed by atoms with Gasteiger partial charge in [-0.25, -0.2) is 8.78 Å². The van der Waals surface area contributed by atoms with Crippen LogP contribution in [-0.4, -0.2) is 12.6 Å². The highest BCUT2D eigenvalue weighted by Gasteiger charge is 2.22. The molecule has 0 spiro atoms. The van der Waals surface area contributed by atoms with Crippen LogP contribution in [0.1, 0.15) is 11.1 Å². The lowest BCUT2D eigenvalue weighted by molar-refractivity contribution is 0.227. The van der Waals surface area contributed by atoms with Gasteiger partial charge in [-0.05, 0) is 29.8 Å². The van der Waals surface area contributed by atoms with Gasteiger partial charge in [0.15, 0.2) is 0 Å². The number of halogens is 3. The number of benzene rings is 2. The van der Waals surface area contributed by atoms with Crippen LogP contribution in [0.2, 0.25) is 0 Å². The molecule has 1 aliphatic rings. The van der Waals surface area contributed by atoms with Crippen molar-refractivity contribution in [2.45, 2.75) is 19.1 Å². The second kappa shape index (κ2) is 6.12. The molecule has 0 radical (unpaired) electrons. The van der Waals surface area contributed by atoms with Gasteiger partial charge in [-0.15, -0.1) is 0 Å². The van der Waals surface area contributed by atoms with Gasteiger partial charge in [-0.1, -0.05) is 22.0 Å². The fourth-order valence-electron chi connectivity index (χ4n) is 2.44. The Kier molecular flexibility index (Phi) is 4.22. The summed E-state index contributed by atoms with van der Waals surface area (Å²) in [7, 11) is 0. The first-order valence-electron chi connectivity index (χ1n) is 6.71. The van der Waals surface area contributed by atoms with Crippen LogP contribution in [-0.2, 0) is 13.0 Å². The molecule has 1 aliphatic heterocycles. The van der Waals surface area contributed by atoms with Crippen LogP contribution in [0.15, 0.2) is 40.9 Å². The second-order valence-corrected chi connectivity index (χ2v) is 5.98. The Bertz CT molecular complexity index is 663. The van der Waals surface area contributed by atoms with Crippen LogP contribution in [0, 0.1) is 11.6 Å². The van der Waals surface area contributed by atoms with E-state index >= 15 is 0 Å². The number of hydrogen-bond acceptors (Lipinski definition) is 2. The van der Waals surface area contributed by atoms with E-state index in [1.807, 2.05) is 12.1 Å². The van der Waals surface area contributed by atoms with E-state index in [0.29, 0.717) is 18.7 Å². The summed E-state index contributed by atoms with van der Waals surface area (Å²) in [6.07, 6.45) is 0.867.